The molecule has 0 aromatic carbocycles. The molecule has 2 nitrogen and oxygen atoms in total. The molecule has 1 fully saturated rings. The van der Waals surface area contributed by atoms with E-state index >= 15 is 0 Å². The summed E-state index contributed by atoms with van der Waals surface area (Å²) in [6, 6.07) is 0.596. The Labute approximate surface area is 154 Å². The van der Waals surface area contributed by atoms with Gasteiger partial charge in [-0.15, -0.1) is 6.58 Å². The Hall–Kier alpha value is -1.57. The molecule has 0 spiro atoms. The van der Waals surface area contributed by atoms with E-state index in [1.54, 1.807) is 0 Å². The fourth-order valence-corrected chi connectivity index (χ4v) is 3.19. The summed E-state index contributed by atoms with van der Waals surface area (Å²) < 4.78 is 0. The van der Waals surface area contributed by atoms with E-state index in [-0.39, 0.29) is 0 Å². The van der Waals surface area contributed by atoms with Gasteiger partial charge < -0.3 is 5.32 Å². The van der Waals surface area contributed by atoms with Crippen LogP contribution >= 0.6 is 0 Å². The van der Waals surface area contributed by atoms with Crippen molar-refractivity contribution >= 4 is 5.71 Å². The van der Waals surface area contributed by atoms with Crippen LogP contribution in [0.4, 0.5) is 0 Å². The van der Waals surface area contributed by atoms with Crippen LogP contribution in [0.5, 0.6) is 0 Å². The molecule has 2 heteroatoms. The summed E-state index contributed by atoms with van der Waals surface area (Å²) in [7, 11) is 0. The molecule has 1 saturated carbocycles. The van der Waals surface area contributed by atoms with Gasteiger partial charge in [-0.2, -0.15) is 0 Å². The normalized spacial score (nSPS) is 22.9. The summed E-state index contributed by atoms with van der Waals surface area (Å²) in [4.78, 5) is 4.74. The van der Waals surface area contributed by atoms with Gasteiger partial charge in [-0.1, -0.05) is 51.2 Å². The standard InChI is InChI=1S/C23H36N2/c1-6-7-8-9-17(2)18(3)16-24-19(4)21-10-12-22(13-11-21)20(5)25-23-14-15-23/h6,10,12-13,17-18,21,23-24H,1,4,7-9,11,14-16H2,2-3,5H3. The summed E-state index contributed by atoms with van der Waals surface area (Å²) in [5.74, 6) is 1.80. The third-order valence-electron chi connectivity index (χ3n) is 5.58. The Kier molecular flexibility index (Phi) is 7.74. The highest BCUT2D eigenvalue weighted by molar-refractivity contribution is 6.01. The lowest BCUT2D eigenvalue weighted by Crippen LogP contribution is -2.27. The topological polar surface area (TPSA) is 24.4 Å². The smallest absolute Gasteiger partial charge is 0.0504 e. The van der Waals surface area contributed by atoms with Gasteiger partial charge in [0.25, 0.3) is 0 Å². The van der Waals surface area contributed by atoms with Gasteiger partial charge in [-0.05, 0) is 56.4 Å². The Morgan fingerprint density at radius 3 is 2.72 bits per heavy atom. The zero-order valence-electron chi connectivity index (χ0n) is 16.4. The second-order valence-corrected chi connectivity index (χ2v) is 7.89. The van der Waals surface area contributed by atoms with Crippen LogP contribution in [0, 0.1) is 17.8 Å². The first-order valence-electron chi connectivity index (χ1n) is 9.98. The van der Waals surface area contributed by atoms with Gasteiger partial charge in [0.05, 0.1) is 6.04 Å². The number of hydrogen-bond acceptors (Lipinski definition) is 2. The number of rotatable bonds is 11. The third kappa shape index (κ3) is 6.68. The van der Waals surface area contributed by atoms with E-state index in [2.05, 4.69) is 57.5 Å². The third-order valence-corrected chi connectivity index (χ3v) is 5.58. The zero-order chi connectivity index (χ0) is 18.2. The van der Waals surface area contributed by atoms with E-state index in [0.717, 1.165) is 31.0 Å². The second kappa shape index (κ2) is 9.79. The lowest BCUT2D eigenvalue weighted by atomic mass is 9.89. The molecule has 1 N–H and O–H groups in total. The molecule has 3 atom stereocenters. The van der Waals surface area contributed by atoms with Gasteiger partial charge in [-0.25, -0.2) is 0 Å². The summed E-state index contributed by atoms with van der Waals surface area (Å²) in [6.45, 7) is 15.9. The number of aliphatic imine (C=N–C) groups is 1. The minimum Gasteiger partial charge on any atom is -0.388 e. The molecule has 2 aliphatic carbocycles. The van der Waals surface area contributed by atoms with Gasteiger partial charge in [0, 0.05) is 23.9 Å². The highest BCUT2D eigenvalue weighted by atomic mass is 14.9. The van der Waals surface area contributed by atoms with Crippen molar-refractivity contribution in [2.24, 2.45) is 22.7 Å². The Morgan fingerprint density at radius 1 is 1.36 bits per heavy atom. The first-order chi connectivity index (χ1) is 12.0. The molecule has 0 aromatic rings. The van der Waals surface area contributed by atoms with Crippen LogP contribution < -0.4 is 5.32 Å². The highest BCUT2D eigenvalue weighted by Crippen LogP contribution is 2.27. The van der Waals surface area contributed by atoms with E-state index in [0.29, 0.717) is 17.9 Å². The molecule has 138 valence electrons. The molecule has 0 amide bonds. The van der Waals surface area contributed by atoms with E-state index < -0.39 is 0 Å². The molecule has 0 aliphatic heterocycles. The molecule has 2 aliphatic rings. The van der Waals surface area contributed by atoms with E-state index in [1.165, 1.54) is 37.0 Å². The van der Waals surface area contributed by atoms with Gasteiger partial charge in [0.2, 0.25) is 0 Å². The van der Waals surface area contributed by atoms with Crippen LogP contribution in [0.2, 0.25) is 0 Å². The van der Waals surface area contributed by atoms with Crippen LogP contribution in [0.1, 0.15) is 59.3 Å². The van der Waals surface area contributed by atoms with Crippen molar-refractivity contribution < 1.29 is 0 Å². The van der Waals surface area contributed by atoms with Crippen LogP contribution in [-0.2, 0) is 0 Å². The molecular weight excluding hydrogens is 304 g/mol. The lowest BCUT2D eigenvalue weighted by molar-refractivity contribution is 0.347. The monoisotopic (exact) mass is 340 g/mol. The summed E-state index contributed by atoms with van der Waals surface area (Å²) in [5, 5.41) is 3.58. The highest BCUT2D eigenvalue weighted by Gasteiger charge is 2.21. The molecule has 0 aromatic heterocycles. The first kappa shape index (κ1) is 19.8. The van der Waals surface area contributed by atoms with Crippen molar-refractivity contribution in [2.75, 3.05) is 6.54 Å². The van der Waals surface area contributed by atoms with Crippen molar-refractivity contribution in [3.05, 3.63) is 48.7 Å². The molecule has 3 unspecified atom stereocenters. The molecule has 0 bridgehead atoms. The SMILES string of the molecule is C=CCCCC(C)C(C)CNC(=C)C1C=CC(C(C)=NC2CC2)=CC1. The minimum atomic E-state index is 0.403. The zero-order valence-corrected chi connectivity index (χ0v) is 16.4. The Morgan fingerprint density at radius 2 is 2.12 bits per heavy atom. The maximum absolute atomic E-state index is 4.74. The molecule has 0 radical (unpaired) electrons. The lowest BCUT2D eigenvalue weighted by Gasteiger charge is -2.24. The fraction of sp³-hybridized carbons (Fsp3) is 0.609. The predicted octanol–water partition coefficient (Wildman–Crippen LogP) is 5.84. The van der Waals surface area contributed by atoms with E-state index in [1.807, 2.05) is 6.08 Å². The van der Waals surface area contributed by atoms with Crippen LogP contribution in [-0.4, -0.2) is 18.3 Å². The maximum atomic E-state index is 4.74. The largest absolute Gasteiger partial charge is 0.388 e. The minimum absolute atomic E-state index is 0.403. The second-order valence-electron chi connectivity index (χ2n) is 7.89. The average molecular weight is 341 g/mol. The molecule has 25 heavy (non-hydrogen) atoms. The van der Waals surface area contributed by atoms with E-state index in [4.69, 9.17) is 4.99 Å². The Bertz CT molecular complexity index is 548. The van der Waals surface area contributed by atoms with Crippen LogP contribution in [0.25, 0.3) is 0 Å². The van der Waals surface area contributed by atoms with Gasteiger partial charge in [0.15, 0.2) is 0 Å². The van der Waals surface area contributed by atoms with Crippen molar-refractivity contribution in [1.29, 1.82) is 0 Å². The fourth-order valence-electron chi connectivity index (χ4n) is 3.19. The summed E-state index contributed by atoms with van der Waals surface area (Å²) in [5.41, 5.74) is 3.63. The Balaban J connectivity index is 1.72. The number of nitrogens with zero attached hydrogens (tertiary/aromatic N) is 1. The average Bonchev–Trinajstić information content (AvgIpc) is 3.43. The van der Waals surface area contributed by atoms with Gasteiger partial charge in [-0.3, -0.25) is 4.99 Å². The van der Waals surface area contributed by atoms with Crippen molar-refractivity contribution in [3.63, 3.8) is 0 Å². The van der Waals surface area contributed by atoms with Gasteiger partial charge >= 0.3 is 0 Å². The molecule has 0 saturated heterocycles. The predicted molar refractivity (Wildman–Crippen MR) is 111 cm³/mol. The molecule has 0 heterocycles. The molecular formula is C23H36N2. The summed E-state index contributed by atoms with van der Waals surface area (Å²) in [6.07, 6.45) is 16.1. The number of nitrogens with one attached hydrogen (secondary N) is 1. The number of allylic oxidation sites excluding steroid dienone is 5. The number of hydrogen-bond donors (Lipinski definition) is 1. The van der Waals surface area contributed by atoms with Crippen molar-refractivity contribution in [3.8, 4) is 0 Å². The van der Waals surface area contributed by atoms with Gasteiger partial charge in [0.1, 0.15) is 0 Å². The van der Waals surface area contributed by atoms with Crippen LogP contribution in [0.3, 0.4) is 0 Å². The van der Waals surface area contributed by atoms with E-state index in [9.17, 15) is 0 Å². The van der Waals surface area contributed by atoms with Crippen molar-refractivity contribution in [1.82, 2.24) is 5.32 Å². The first-order valence-corrected chi connectivity index (χ1v) is 9.98. The quantitative estimate of drug-likeness (QED) is 0.285. The van der Waals surface area contributed by atoms with Crippen molar-refractivity contribution in [2.45, 2.75) is 65.3 Å². The molecule has 2 rings (SSSR count). The van der Waals surface area contributed by atoms with Crippen LogP contribution in [0.15, 0.2) is 53.7 Å². The number of unbranched alkanes of at least 4 members (excludes halogenated alkanes) is 1. The maximum Gasteiger partial charge on any atom is 0.0504 e. The summed E-state index contributed by atoms with van der Waals surface area (Å²) >= 11 is 0.